The number of amides is 1. The molecule has 1 aromatic carbocycles. The van der Waals surface area contributed by atoms with Crippen molar-refractivity contribution in [3.63, 3.8) is 0 Å². The number of halogens is 5. The normalized spacial score (nSPS) is 15.2. The molecule has 3 aromatic rings. The second kappa shape index (κ2) is 6.94. The van der Waals surface area contributed by atoms with Crippen LogP contribution in [0.1, 0.15) is 16.1 Å². The fourth-order valence-electron chi connectivity index (χ4n) is 3.17. The number of anilines is 1. The molecular formula is C17H13F5N6O. The molecule has 0 radical (unpaired) electrons. The Labute approximate surface area is 160 Å². The number of piperazine rings is 1. The molecule has 1 aliphatic rings. The van der Waals surface area contributed by atoms with E-state index in [2.05, 4.69) is 15.1 Å². The predicted octanol–water partition coefficient (Wildman–Crippen LogP) is 2.38. The van der Waals surface area contributed by atoms with Crippen LogP contribution < -0.4 is 4.90 Å². The Kier molecular flexibility index (Phi) is 4.55. The first-order valence-corrected chi connectivity index (χ1v) is 8.52. The third-order valence-electron chi connectivity index (χ3n) is 4.59. The molecule has 152 valence electrons. The topological polar surface area (TPSA) is 66.6 Å². The number of hydrogen-bond acceptors (Lipinski definition) is 5. The highest BCUT2D eigenvalue weighted by Crippen LogP contribution is 2.31. The van der Waals surface area contributed by atoms with Crippen molar-refractivity contribution in [2.24, 2.45) is 0 Å². The van der Waals surface area contributed by atoms with Gasteiger partial charge in [-0.3, -0.25) is 4.79 Å². The highest BCUT2D eigenvalue weighted by atomic mass is 19.4. The van der Waals surface area contributed by atoms with Crippen LogP contribution in [0.4, 0.5) is 27.8 Å². The predicted molar refractivity (Wildman–Crippen MR) is 90.3 cm³/mol. The summed E-state index contributed by atoms with van der Waals surface area (Å²) < 4.78 is 68.3. The SMILES string of the molecule is O=C(c1c(F)cccc1F)N1CCN(c2cc(C(F)(F)F)nc3ncnn23)CC1. The third kappa shape index (κ3) is 3.45. The summed E-state index contributed by atoms with van der Waals surface area (Å²) in [5, 5.41) is 3.90. The van der Waals surface area contributed by atoms with Crippen LogP contribution in [-0.4, -0.2) is 56.6 Å². The van der Waals surface area contributed by atoms with Crippen molar-refractivity contribution in [2.75, 3.05) is 31.1 Å². The van der Waals surface area contributed by atoms with Crippen LogP contribution in [-0.2, 0) is 6.18 Å². The van der Waals surface area contributed by atoms with E-state index in [9.17, 15) is 26.7 Å². The van der Waals surface area contributed by atoms with Gasteiger partial charge >= 0.3 is 6.18 Å². The summed E-state index contributed by atoms with van der Waals surface area (Å²) in [6, 6.07) is 3.99. The van der Waals surface area contributed by atoms with Gasteiger partial charge in [0.15, 0.2) is 5.69 Å². The number of nitrogens with zero attached hydrogens (tertiary/aromatic N) is 6. The van der Waals surface area contributed by atoms with E-state index >= 15 is 0 Å². The number of aromatic nitrogens is 4. The van der Waals surface area contributed by atoms with Crippen LogP contribution in [0.15, 0.2) is 30.6 Å². The van der Waals surface area contributed by atoms with Crippen LogP contribution in [0.5, 0.6) is 0 Å². The number of carbonyl (C=O) groups excluding carboxylic acids is 1. The minimum absolute atomic E-state index is 0.0620. The van der Waals surface area contributed by atoms with Crippen molar-refractivity contribution in [1.29, 1.82) is 0 Å². The van der Waals surface area contributed by atoms with Crippen molar-refractivity contribution >= 4 is 17.5 Å². The van der Waals surface area contributed by atoms with E-state index in [1.807, 2.05) is 0 Å². The van der Waals surface area contributed by atoms with Crippen molar-refractivity contribution in [2.45, 2.75) is 6.18 Å². The molecule has 1 aliphatic heterocycles. The molecule has 1 fully saturated rings. The van der Waals surface area contributed by atoms with Crippen LogP contribution in [0.3, 0.4) is 0 Å². The summed E-state index contributed by atoms with van der Waals surface area (Å²) in [7, 11) is 0. The average Bonchev–Trinajstić information content (AvgIpc) is 3.15. The van der Waals surface area contributed by atoms with Crippen LogP contribution in [0.25, 0.3) is 5.78 Å². The lowest BCUT2D eigenvalue weighted by atomic mass is 10.1. The van der Waals surface area contributed by atoms with E-state index in [1.165, 1.54) is 9.42 Å². The molecule has 7 nitrogen and oxygen atoms in total. The maximum atomic E-state index is 13.9. The quantitative estimate of drug-likeness (QED) is 0.605. The van der Waals surface area contributed by atoms with Crippen molar-refractivity contribution in [3.8, 4) is 0 Å². The zero-order valence-corrected chi connectivity index (χ0v) is 14.7. The van der Waals surface area contributed by atoms with E-state index in [1.54, 1.807) is 4.90 Å². The van der Waals surface area contributed by atoms with Gasteiger partial charge in [-0.05, 0) is 12.1 Å². The molecule has 0 N–H and O–H groups in total. The Morgan fingerprint density at radius 3 is 2.31 bits per heavy atom. The average molecular weight is 412 g/mol. The van der Waals surface area contributed by atoms with Crippen molar-refractivity contribution in [3.05, 3.63) is 53.5 Å². The summed E-state index contributed by atoms with van der Waals surface area (Å²) in [6.45, 7) is 0.398. The summed E-state index contributed by atoms with van der Waals surface area (Å²) in [6.07, 6.45) is -3.57. The fourth-order valence-corrected chi connectivity index (χ4v) is 3.17. The van der Waals surface area contributed by atoms with Gasteiger partial charge in [-0.25, -0.2) is 13.8 Å². The Balaban J connectivity index is 1.57. The number of carbonyl (C=O) groups is 1. The van der Waals surface area contributed by atoms with E-state index in [0.717, 1.165) is 30.6 Å². The largest absolute Gasteiger partial charge is 0.433 e. The van der Waals surface area contributed by atoms with Crippen LogP contribution >= 0.6 is 0 Å². The minimum atomic E-state index is -4.66. The maximum absolute atomic E-state index is 13.9. The van der Waals surface area contributed by atoms with Gasteiger partial charge < -0.3 is 9.80 Å². The molecule has 0 atom stereocenters. The zero-order valence-electron chi connectivity index (χ0n) is 14.7. The van der Waals surface area contributed by atoms with Gasteiger partial charge in [0.2, 0.25) is 0 Å². The second-order valence-electron chi connectivity index (χ2n) is 6.35. The van der Waals surface area contributed by atoms with Gasteiger partial charge in [-0.2, -0.15) is 27.8 Å². The molecule has 0 aliphatic carbocycles. The Hall–Kier alpha value is -3.31. The Morgan fingerprint density at radius 2 is 1.69 bits per heavy atom. The molecule has 3 heterocycles. The lowest BCUT2D eigenvalue weighted by Gasteiger charge is -2.36. The number of benzene rings is 1. The maximum Gasteiger partial charge on any atom is 0.433 e. The summed E-state index contributed by atoms with van der Waals surface area (Å²) >= 11 is 0. The number of hydrogen-bond donors (Lipinski definition) is 0. The van der Waals surface area contributed by atoms with Crippen LogP contribution in [0, 0.1) is 11.6 Å². The lowest BCUT2D eigenvalue weighted by Crippen LogP contribution is -2.49. The first kappa shape index (κ1) is 19.0. The molecule has 4 rings (SSSR count). The standard InChI is InChI=1S/C17H13F5N6O/c18-10-2-1-3-11(19)14(10)15(29)27-6-4-26(5-7-27)13-8-12(17(20,21)22)25-16-23-9-24-28(13)16/h1-3,8-9H,4-7H2. The molecule has 0 unspecified atom stereocenters. The molecule has 0 spiro atoms. The van der Waals surface area contributed by atoms with Gasteiger partial charge in [0.05, 0.1) is 0 Å². The van der Waals surface area contributed by atoms with Gasteiger partial charge in [0.1, 0.15) is 29.3 Å². The van der Waals surface area contributed by atoms with Gasteiger partial charge in [0.25, 0.3) is 11.7 Å². The van der Waals surface area contributed by atoms with Gasteiger partial charge in [0, 0.05) is 32.2 Å². The molecule has 0 saturated carbocycles. The van der Waals surface area contributed by atoms with Gasteiger partial charge in [-0.1, -0.05) is 6.07 Å². The van der Waals surface area contributed by atoms with Crippen molar-refractivity contribution in [1.82, 2.24) is 24.5 Å². The van der Waals surface area contributed by atoms with E-state index in [-0.39, 0.29) is 37.8 Å². The molecule has 0 bridgehead atoms. The summed E-state index contributed by atoms with van der Waals surface area (Å²) in [4.78, 5) is 22.5. The first-order chi connectivity index (χ1) is 13.8. The van der Waals surface area contributed by atoms with Crippen LogP contribution in [0.2, 0.25) is 0 Å². The van der Waals surface area contributed by atoms with E-state index < -0.39 is 35.0 Å². The molecule has 1 saturated heterocycles. The second-order valence-corrected chi connectivity index (χ2v) is 6.35. The molecule has 12 heteroatoms. The molecule has 29 heavy (non-hydrogen) atoms. The van der Waals surface area contributed by atoms with E-state index in [0.29, 0.717) is 0 Å². The lowest BCUT2D eigenvalue weighted by molar-refractivity contribution is -0.141. The number of rotatable bonds is 2. The smallest absolute Gasteiger partial charge is 0.353 e. The van der Waals surface area contributed by atoms with E-state index in [4.69, 9.17) is 0 Å². The Bertz CT molecular complexity index is 1050. The number of fused-ring (bicyclic) bond motifs is 1. The molecule has 2 aromatic heterocycles. The monoisotopic (exact) mass is 412 g/mol. The highest BCUT2D eigenvalue weighted by molar-refractivity contribution is 5.95. The molecular weight excluding hydrogens is 399 g/mol. The minimum Gasteiger partial charge on any atom is -0.353 e. The zero-order chi connectivity index (χ0) is 20.8. The molecule has 1 amide bonds. The third-order valence-corrected chi connectivity index (χ3v) is 4.59. The summed E-state index contributed by atoms with van der Waals surface area (Å²) in [5.41, 5.74) is -1.76. The Morgan fingerprint density at radius 1 is 1.03 bits per heavy atom. The number of alkyl halides is 3. The summed E-state index contributed by atoms with van der Waals surface area (Å²) in [5.74, 6) is -2.83. The fraction of sp³-hybridized carbons (Fsp3) is 0.294. The first-order valence-electron chi connectivity index (χ1n) is 8.52. The highest BCUT2D eigenvalue weighted by Gasteiger charge is 2.35. The van der Waals surface area contributed by atoms with Gasteiger partial charge in [-0.15, -0.1) is 0 Å². The van der Waals surface area contributed by atoms with Crippen molar-refractivity contribution < 1.29 is 26.7 Å².